The third-order valence-electron chi connectivity index (χ3n) is 8.68. The predicted molar refractivity (Wildman–Crippen MR) is 162 cm³/mol. The van der Waals surface area contributed by atoms with Crippen molar-refractivity contribution in [1.29, 1.82) is 0 Å². The summed E-state index contributed by atoms with van der Waals surface area (Å²) >= 11 is 0. The van der Waals surface area contributed by atoms with Crippen molar-refractivity contribution in [2.75, 3.05) is 29.6 Å². The van der Waals surface area contributed by atoms with E-state index in [0.29, 0.717) is 34.9 Å². The molecule has 0 aromatic heterocycles. The molecule has 9 nitrogen and oxygen atoms in total. The van der Waals surface area contributed by atoms with E-state index < -0.39 is 17.4 Å². The molecule has 3 atom stereocenters. The van der Waals surface area contributed by atoms with Gasteiger partial charge in [-0.1, -0.05) is 61.5 Å². The van der Waals surface area contributed by atoms with Gasteiger partial charge in [0.25, 0.3) is 11.8 Å². The van der Waals surface area contributed by atoms with Gasteiger partial charge in [-0.05, 0) is 48.7 Å². The lowest BCUT2D eigenvalue weighted by atomic mass is 9.83. The third-order valence-corrected chi connectivity index (χ3v) is 8.68. The Morgan fingerprint density at radius 2 is 1.84 bits per heavy atom. The fraction of sp³-hybridized carbons (Fsp3) is 0.324. The van der Waals surface area contributed by atoms with Crippen molar-refractivity contribution in [3.63, 3.8) is 0 Å². The average Bonchev–Trinajstić information content (AvgIpc) is 3.59. The van der Waals surface area contributed by atoms with Gasteiger partial charge < -0.3 is 24.7 Å². The zero-order valence-electron chi connectivity index (χ0n) is 24.1. The fourth-order valence-electron chi connectivity index (χ4n) is 6.40. The van der Waals surface area contributed by atoms with E-state index in [9.17, 15) is 24.6 Å². The number of aliphatic hydroxyl groups excluding tert-OH is 1. The number of fused-ring (bicyclic) bond motifs is 2. The molecule has 6 rings (SSSR count). The van der Waals surface area contributed by atoms with Gasteiger partial charge in [0.1, 0.15) is 5.75 Å². The molecule has 1 fully saturated rings. The van der Waals surface area contributed by atoms with Crippen LogP contribution in [0, 0.1) is 5.92 Å². The molecule has 0 radical (unpaired) electrons. The van der Waals surface area contributed by atoms with Gasteiger partial charge in [0.05, 0.1) is 30.6 Å². The maximum atomic E-state index is 14.0. The molecule has 3 aliphatic rings. The number of hydrogen-bond donors (Lipinski definition) is 2. The summed E-state index contributed by atoms with van der Waals surface area (Å²) in [6.45, 7) is 2.48. The molecule has 3 heterocycles. The lowest BCUT2D eigenvalue weighted by molar-refractivity contribution is -0.139. The van der Waals surface area contributed by atoms with Crippen LogP contribution in [-0.2, 0) is 26.5 Å². The number of anilines is 3. The van der Waals surface area contributed by atoms with Crippen LogP contribution in [0.15, 0.2) is 84.9 Å². The molecule has 3 aromatic carbocycles. The van der Waals surface area contributed by atoms with Crippen molar-refractivity contribution in [2.45, 2.75) is 44.4 Å². The number of rotatable bonds is 8. The van der Waals surface area contributed by atoms with Gasteiger partial charge in [-0.3, -0.25) is 19.3 Å². The minimum absolute atomic E-state index is 0.0499. The van der Waals surface area contributed by atoms with Crippen molar-refractivity contribution in [1.82, 2.24) is 4.90 Å². The number of para-hydroxylation sites is 3. The zero-order valence-corrected chi connectivity index (χ0v) is 24.1. The minimum Gasteiger partial charge on any atom is -0.482 e. The SMILES string of the molecule is C[C@@H](/C=C/CC(=O)N1CCC[C@H]1CO)[C@]1(O)C(=O)N(Cc2cccc(N3C(=O)COc4ccccc43)c2)c2ccccc21. The molecule has 3 aliphatic heterocycles. The van der Waals surface area contributed by atoms with Gasteiger partial charge in [0.15, 0.2) is 12.2 Å². The summed E-state index contributed by atoms with van der Waals surface area (Å²) in [4.78, 5) is 44.5. The zero-order chi connectivity index (χ0) is 30.1. The Morgan fingerprint density at radius 3 is 2.65 bits per heavy atom. The molecule has 43 heavy (non-hydrogen) atoms. The summed E-state index contributed by atoms with van der Waals surface area (Å²) in [6.07, 6.45) is 5.23. The van der Waals surface area contributed by atoms with Crippen LogP contribution in [-0.4, -0.2) is 58.6 Å². The Bertz CT molecular complexity index is 1590. The van der Waals surface area contributed by atoms with Gasteiger partial charge in [-0.15, -0.1) is 0 Å². The Kier molecular flexibility index (Phi) is 7.77. The Labute approximate surface area is 250 Å². The Hall–Kier alpha value is -4.47. The molecule has 0 aliphatic carbocycles. The van der Waals surface area contributed by atoms with E-state index in [1.54, 1.807) is 45.9 Å². The maximum Gasteiger partial charge on any atom is 0.269 e. The van der Waals surface area contributed by atoms with Crippen LogP contribution in [0.5, 0.6) is 5.75 Å². The first-order valence-electron chi connectivity index (χ1n) is 14.7. The summed E-state index contributed by atoms with van der Waals surface area (Å²) < 4.78 is 5.59. The molecule has 222 valence electrons. The van der Waals surface area contributed by atoms with Crippen molar-refractivity contribution >= 4 is 34.8 Å². The number of likely N-dealkylation sites (tertiary alicyclic amines) is 1. The monoisotopic (exact) mass is 581 g/mol. The highest BCUT2D eigenvalue weighted by Gasteiger charge is 2.52. The van der Waals surface area contributed by atoms with Gasteiger partial charge in [-0.25, -0.2) is 0 Å². The largest absolute Gasteiger partial charge is 0.482 e. The summed E-state index contributed by atoms with van der Waals surface area (Å²) in [5, 5.41) is 21.5. The number of carbonyl (C=O) groups excluding carboxylic acids is 3. The molecule has 0 spiro atoms. The van der Waals surface area contributed by atoms with E-state index >= 15 is 0 Å². The highest BCUT2D eigenvalue weighted by atomic mass is 16.5. The number of aliphatic hydroxyl groups is 2. The molecule has 9 heteroatoms. The molecular formula is C34H35N3O6. The second kappa shape index (κ2) is 11.7. The third kappa shape index (κ3) is 5.08. The average molecular weight is 582 g/mol. The van der Waals surface area contributed by atoms with Gasteiger partial charge in [0, 0.05) is 30.1 Å². The topological polar surface area (TPSA) is 111 Å². The van der Waals surface area contributed by atoms with E-state index in [4.69, 9.17) is 4.74 Å². The number of amides is 3. The van der Waals surface area contributed by atoms with Crippen molar-refractivity contribution in [3.8, 4) is 5.75 Å². The molecule has 0 bridgehead atoms. The molecule has 0 saturated carbocycles. The van der Waals surface area contributed by atoms with Crippen molar-refractivity contribution < 1.29 is 29.3 Å². The minimum atomic E-state index is -1.81. The second-order valence-corrected chi connectivity index (χ2v) is 11.3. The van der Waals surface area contributed by atoms with Crippen molar-refractivity contribution in [2.24, 2.45) is 5.92 Å². The number of ether oxygens (including phenoxy) is 1. The first kappa shape index (κ1) is 28.6. The van der Waals surface area contributed by atoms with E-state index in [1.807, 2.05) is 60.7 Å². The van der Waals surface area contributed by atoms with E-state index in [-0.39, 0.29) is 44.0 Å². The normalized spacial score (nSPS) is 22.1. The molecule has 2 N–H and O–H groups in total. The number of benzene rings is 3. The molecule has 0 unspecified atom stereocenters. The number of nitrogens with zero attached hydrogens (tertiary/aromatic N) is 3. The number of hydrogen-bond acceptors (Lipinski definition) is 6. The summed E-state index contributed by atoms with van der Waals surface area (Å²) in [6, 6.07) is 21.9. The molecule has 1 saturated heterocycles. The highest BCUT2D eigenvalue weighted by molar-refractivity contribution is 6.07. The fourth-order valence-corrected chi connectivity index (χ4v) is 6.40. The van der Waals surface area contributed by atoms with Crippen LogP contribution in [0.3, 0.4) is 0 Å². The smallest absolute Gasteiger partial charge is 0.269 e. The van der Waals surface area contributed by atoms with Crippen LogP contribution < -0.4 is 14.5 Å². The Balaban J connectivity index is 1.23. The van der Waals surface area contributed by atoms with Gasteiger partial charge >= 0.3 is 0 Å². The van der Waals surface area contributed by atoms with E-state index in [0.717, 1.165) is 18.4 Å². The number of carbonyl (C=O) groups is 3. The van der Waals surface area contributed by atoms with Crippen LogP contribution in [0.2, 0.25) is 0 Å². The summed E-state index contributed by atoms with van der Waals surface area (Å²) in [5.74, 6) is -0.703. The molecule has 3 aromatic rings. The second-order valence-electron chi connectivity index (χ2n) is 11.3. The molecular weight excluding hydrogens is 546 g/mol. The lowest BCUT2D eigenvalue weighted by Gasteiger charge is -2.30. The van der Waals surface area contributed by atoms with Gasteiger partial charge in [-0.2, -0.15) is 0 Å². The van der Waals surface area contributed by atoms with Gasteiger partial charge in [0.2, 0.25) is 5.91 Å². The van der Waals surface area contributed by atoms with Crippen molar-refractivity contribution in [3.05, 3.63) is 96.1 Å². The summed E-state index contributed by atoms with van der Waals surface area (Å²) in [7, 11) is 0. The highest BCUT2D eigenvalue weighted by Crippen LogP contribution is 2.46. The molecule has 3 amide bonds. The first-order valence-corrected chi connectivity index (χ1v) is 14.7. The first-order chi connectivity index (χ1) is 20.8. The van der Waals surface area contributed by atoms with Crippen LogP contribution in [0.1, 0.15) is 37.3 Å². The van der Waals surface area contributed by atoms with E-state index in [2.05, 4.69) is 0 Å². The standard InChI is InChI=1S/C34H35N3O6/c1-23(9-6-17-31(39)35-18-8-12-26(35)21-38)34(42)27-13-2-3-14-28(27)36(33(34)41)20-24-10-7-11-25(19-24)37-29-15-4-5-16-30(29)43-22-32(37)40/h2-7,9-11,13-16,19,23,26,38,42H,8,12,17-18,20-22H2,1H3/b9-6+/t23-,26-,34+/m0/s1. The quantitative estimate of drug-likeness (QED) is 0.389. The van der Waals surface area contributed by atoms with E-state index in [1.165, 1.54) is 0 Å². The van der Waals surface area contributed by atoms with Crippen LogP contribution in [0.25, 0.3) is 0 Å². The summed E-state index contributed by atoms with van der Waals surface area (Å²) in [5.41, 5.74) is 1.43. The maximum absolute atomic E-state index is 14.0. The van der Waals surface area contributed by atoms with Crippen LogP contribution >= 0.6 is 0 Å². The van der Waals surface area contributed by atoms with Crippen LogP contribution in [0.4, 0.5) is 17.1 Å². The lowest BCUT2D eigenvalue weighted by Crippen LogP contribution is -2.44. The predicted octanol–water partition coefficient (Wildman–Crippen LogP) is 4.04. The Morgan fingerprint density at radius 1 is 1.07 bits per heavy atom.